The van der Waals surface area contributed by atoms with Gasteiger partial charge in [0.1, 0.15) is 5.75 Å². The lowest BCUT2D eigenvalue weighted by Crippen LogP contribution is -2.50. The van der Waals surface area contributed by atoms with Gasteiger partial charge in [0.2, 0.25) is 5.91 Å². The molecule has 4 atom stereocenters. The van der Waals surface area contributed by atoms with Crippen LogP contribution < -0.4 is 5.32 Å². The first-order chi connectivity index (χ1) is 13.6. The molecule has 0 aromatic heterocycles. The van der Waals surface area contributed by atoms with E-state index in [1.165, 1.54) is 12.8 Å². The molecule has 1 aromatic carbocycles. The van der Waals surface area contributed by atoms with E-state index in [2.05, 4.69) is 16.3 Å². The molecule has 3 fully saturated rings. The number of phenolic OH excluding ortho intramolecular Hbond substituents is 1. The number of rotatable bonds is 4. The molecule has 0 spiro atoms. The van der Waals surface area contributed by atoms with E-state index in [-0.39, 0.29) is 24.2 Å². The summed E-state index contributed by atoms with van der Waals surface area (Å²) < 4.78 is 11.9. The van der Waals surface area contributed by atoms with Crippen LogP contribution in [0.2, 0.25) is 0 Å². The largest absolute Gasteiger partial charge is 0.508 e. The van der Waals surface area contributed by atoms with Gasteiger partial charge in [0.15, 0.2) is 0 Å². The highest BCUT2D eigenvalue weighted by Crippen LogP contribution is 2.42. The molecule has 1 aliphatic carbocycles. The van der Waals surface area contributed by atoms with Crippen LogP contribution in [0.5, 0.6) is 5.75 Å². The van der Waals surface area contributed by atoms with Crippen LogP contribution in [-0.4, -0.2) is 54.4 Å². The predicted octanol–water partition coefficient (Wildman–Crippen LogP) is 2.75. The Bertz CT molecular complexity index is 689. The van der Waals surface area contributed by atoms with Gasteiger partial charge in [0.05, 0.1) is 25.4 Å². The monoisotopic (exact) mass is 388 g/mol. The second kappa shape index (κ2) is 8.80. The number of hydrogen-bond donors (Lipinski definition) is 2. The van der Waals surface area contributed by atoms with Gasteiger partial charge in [-0.15, -0.1) is 0 Å². The molecular formula is C22H32N2O4. The molecule has 0 bridgehead atoms. The minimum Gasteiger partial charge on any atom is -0.508 e. The Labute approximate surface area is 167 Å². The van der Waals surface area contributed by atoms with Gasteiger partial charge in [0.25, 0.3) is 0 Å². The van der Waals surface area contributed by atoms with Crippen molar-refractivity contribution < 1.29 is 19.4 Å². The van der Waals surface area contributed by atoms with Gasteiger partial charge >= 0.3 is 0 Å². The first-order valence-electron chi connectivity index (χ1n) is 10.6. The van der Waals surface area contributed by atoms with Gasteiger partial charge in [-0.2, -0.15) is 0 Å². The van der Waals surface area contributed by atoms with E-state index in [0.717, 1.165) is 63.2 Å². The van der Waals surface area contributed by atoms with Gasteiger partial charge in [-0.1, -0.05) is 18.9 Å². The van der Waals surface area contributed by atoms with Gasteiger partial charge < -0.3 is 19.9 Å². The third-order valence-electron chi connectivity index (χ3n) is 6.44. The van der Waals surface area contributed by atoms with E-state index in [0.29, 0.717) is 11.7 Å². The molecule has 6 nitrogen and oxygen atoms in total. The van der Waals surface area contributed by atoms with Crippen LogP contribution in [0.1, 0.15) is 56.3 Å². The van der Waals surface area contributed by atoms with Gasteiger partial charge in [-0.05, 0) is 37.0 Å². The normalized spacial score (nSPS) is 31.2. The van der Waals surface area contributed by atoms with Crippen LogP contribution in [0.4, 0.5) is 0 Å². The van der Waals surface area contributed by atoms with Crippen molar-refractivity contribution in [1.82, 2.24) is 10.2 Å². The third kappa shape index (κ3) is 4.50. The van der Waals surface area contributed by atoms with Crippen molar-refractivity contribution in [3.63, 3.8) is 0 Å². The summed E-state index contributed by atoms with van der Waals surface area (Å²) in [5, 5.41) is 13.5. The second-order valence-electron chi connectivity index (χ2n) is 8.43. The number of amides is 1. The van der Waals surface area contributed by atoms with Crippen molar-refractivity contribution in [3.8, 4) is 5.75 Å². The molecule has 1 saturated carbocycles. The predicted molar refractivity (Wildman–Crippen MR) is 106 cm³/mol. The Morgan fingerprint density at radius 2 is 2.04 bits per heavy atom. The van der Waals surface area contributed by atoms with Crippen LogP contribution in [-0.2, 0) is 20.8 Å². The topological polar surface area (TPSA) is 71.0 Å². The average molecular weight is 389 g/mol. The molecule has 154 valence electrons. The summed E-state index contributed by atoms with van der Waals surface area (Å²) in [6, 6.07) is 6.01. The summed E-state index contributed by atoms with van der Waals surface area (Å²) in [7, 11) is 0. The molecule has 1 aromatic rings. The van der Waals surface area contributed by atoms with E-state index in [4.69, 9.17) is 9.47 Å². The second-order valence-corrected chi connectivity index (χ2v) is 8.43. The fraction of sp³-hybridized carbons (Fsp3) is 0.682. The first kappa shape index (κ1) is 19.7. The zero-order chi connectivity index (χ0) is 19.5. The van der Waals surface area contributed by atoms with Crippen LogP contribution in [0.25, 0.3) is 0 Å². The number of hydrogen-bond acceptors (Lipinski definition) is 5. The molecule has 28 heavy (non-hydrogen) atoms. The molecule has 0 radical (unpaired) electrons. The lowest BCUT2D eigenvalue weighted by Gasteiger charge is -2.45. The summed E-state index contributed by atoms with van der Waals surface area (Å²) in [6.07, 6.45) is 5.56. The summed E-state index contributed by atoms with van der Waals surface area (Å²) in [5.74, 6) is 0.785. The summed E-state index contributed by atoms with van der Waals surface area (Å²) in [5.41, 5.74) is 2.03. The lowest BCUT2D eigenvalue weighted by atomic mass is 9.76. The minimum absolute atomic E-state index is 0.0358. The minimum atomic E-state index is -0.0414. The third-order valence-corrected chi connectivity index (χ3v) is 6.44. The van der Waals surface area contributed by atoms with E-state index in [1.54, 1.807) is 13.0 Å². The van der Waals surface area contributed by atoms with Crippen molar-refractivity contribution in [2.24, 2.45) is 5.92 Å². The van der Waals surface area contributed by atoms with Crippen molar-refractivity contribution >= 4 is 5.91 Å². The number of carbonyl (C=O) groups is 1. The Hall–Kier alpha value is -1.63. The standard InChI is InChI=1S/C22H32N2O4/c1-15(25)23-19-13-22(28-21-5-3-2-4-18(19)21)16-6-7-20(26)17(12-16)14-24-8-10-27-11-9-24/h6-7,12,18-19,21-22,26H,2-5,8-11,13-14H2,1H3,(H,23,25)/t18-,19+,21+,22+/m0/s1. The van der Waals surface area contributed by atoms with Gasteiger partial charge in [-0.25, -0.2) is 0 Å². The Morgan fingerprint density at radius 3 is 2.82 bits per heavy atom. The van der Waals surface area contributed by atoms with Gasteiger partial charge in [0, 0.05) is 44.1 Å². The number of benzene rings is 1. The van der Waals surface area contributed by atoms with Crippen molar-refractivity contribution in [2.45, 2.75) is 63.8 Å². The molecule has 3 aliphatic rings. The Kier molecular flexibility index (Phi) is 6.19. The lowest BCUT2D eigenvalue weighted by molar-refractivity contribution is -0.131. The molecule has 2 saturated heterocycles. The summed E-state index contributed by atoms with van der Waals surface area (Å²) in [6.45, 7) is 5.58. The fourth-order valence-electron chi connectivity index (χ4n) is 5.00. The molecule has 1 amide bonds. The molecule has 4 rings (SSSR count). The molecule has 6 heteroatoms. The smallest absolute Gasteiger partial charge is 0.217 e. The van der Waals surface area contributed by atoms with E-state index < -0.39 is 0 Å². The van der Waals surface area contributed by atoms with Crippen molar-refractivity contribution in [2.75, 3.05) is 26.3 Å². The number of nitrogens with one attached hydrogen (secondary N) is 1. The van der Waals surface area contributed by atoms with Crippen LogP contribution in [0.3, 0.4) is 0 Å². The maximum absolute atomic E-state index is 11.7. The molecular weight excluding hydrogens is 356 g/mol. The summed E-state index contributed by atoms with van der Waals surface area (Å²) in [4.78, 5) is 14.1. The highest BCUT2D eigenvalue weighted by atomic mass is 16.5. The van der Waals surface area contributed by atoms with Gasteiger partial charge in [-0.3, -0.25) is 9.69 Å². The first-order valence-corrected chi connectivity index (χ1v) is 10.6. The van der Waals surface area contributed by atoms with Crippen LogP contribution in [0.15, 0.2) is 18.2 Å². The number of aromatic hydroxyl groups is 1. The quantitative estimate of drug-likeness (QED) is 0.830. The number of ether oxygens (including phenoxy) is 2. The number of phenols is 1. The number of fused-ring (bicyclic) bond motifs is 1. The Morgan fingerprint density at radius 1 is 1.25 bits per heavy atom. The maximum Gasteiger partial charge on any atom is 0.217 e. The van der Waals surface area contributed by atoms with Crippen molar-refractivity contribution in [1.29, 1.82) is 0 Å². The fourth-order valence-corrected chi connectivity index (χ4v) is 5.00. The molecule has 2 aliphatic heterocycles. The molecule has 2 heterocycles. The number of morpholine rings is 1. The number of carbonyl (C=O) groups excluding carboxylic acids is 1. The van der Waals surface area contributed by atoms with Crippen molar-refractivity contribution in [3.05, 3.63) is 29.3 Å². The average Bonchev–Trinajstić information content (AvgIpc) is 2.70. The highest BCUT2D eigenvalue weighted by molar-refractivity contribution is 5.73. The number of nitrogens with zero attached hydrogens (tertiary/aromatic N) is 1. The SMILES string of the molecule is CC(=O)N[C@@H]1C[C@H](c2ccc(O)c(CN3CCOCC3)c2)O[C@@H]2CCCC[C@@H]12. The maximum atomic E-state index is 11.7. The zero-order valence-electron chi connectivity index (χ0n) is 16.7. The molecule has 0 unspecified atom stereocenters. The Balaban J connectivity index is 1.52. The van der Waals surface area contributed by atoms with E-state index >= 15 is 0 Å². The van der Waals surface area contributed by atoms with Crippen LogP contribution >= 0.6 is 0 Å². The van der Waals surface area contributed by atoms with Crippen LogP contribution in [0, 0.1) is 5.92 Å². The molecule has 2 N–H and O–H groups in total. The highest BCUT2D eigenvalue weighted by Gasteiger charge is 2.40. The van der Waals surface area contributed by atoms with E-state index in [9.17, 15) is 9.90 Å². The van der Waals surface area contributed by atoms with E-state index in [1.807, 2.05) is 6.07 Å². The zero-order valence-corrected chi connectivity index (χ0v) is 16.7. The summed E-state index contributed by atoms with van der Waals surface area (Å²) >= 11 is 0.